The topological polar surface area (TPSA) is 87.7 Å². The van der Waals surface area contributed by atoms with Crippen LogP contribution in [0.15, 0.2) is 46.0 Å². The zero-order chi connectivity index (χ0) is 22.1. The number of amides is 2. The molecule has 2 aromatic rings. The summed E-state index contributed by atoms with van der Waals surface area (Å²) < 4.78 is 33.5. The maximum atomic E-state index is 12.9. The zero-order valence-corrected chi connectivity index (χ0v) is 19.5. The van der Waals surface area contributed by atoms with E-state index in [2.05, 4.69) is 17.6 Å². The quantitative estimate of drug-likeness (QED) is 0.499. The number of rotatable bonds is 10. The number of anilines is 1. The molecule has 1 saturated heterocycles. The van der Waals surface area contributed by atoms with Crippen LogP contribution in [0, 0.1) is 0 Å². The molecule has 1 fully saturated rings. The fourth-order valence-electron chi connectivity index (χ4n) is 3.60. The molecule has 170 valence electrons. The first kappa shape index (κ1) is 23.6. The van der Waals surface area contributed by atoms with Gasteiger partial charge in [0.05, 0.1) is 6.61 Å². The lowest BCUT2D eigenvalue weighted by atomic mass is 10.0. The SMILES string of the molecule is CCCCOc1ccc(NC(=O)NCCC2CCCCN2S(=O)(=O)c2cccs2)cc1. The van der Waals surface area contributed by atoms with Gasteiger partial charge in [0.1, 0.15) is 9.96 Å². The summed E-state index contributed by atoms with van der Waals surface area (Å²) in [6.45, 7) is 3.74. The monoisotopic (exact) mass is 465 g/mol. The molecule has 0 radical (unpaired) electrons. The Balaban J connectivity index is 1.46. The summed E-state index contributed by atoms with van der Waals surface area (Å²) >= 11 is 1.24. The van der Waals surface area contributed by atoms with E-state index in [1.165, 1.54) is 11.3 Å². The Bertz CT molecular complexity index is 915. The molecule has 1 aromatic heterocycles. The Labute approximate surface area is 188 Å². The highest BCUT2D eigenvalue weighted by Crippen LogP contribution is 2.29. The van der Waals surface area contributed by atoms with Crippen LogP contribution < -0.4 is 15.4 Å². The standard InChI is InChI=1S/C22H31N3O4S2/c1-2-3-16-29-20-11-9-18(10-12-20)24-22(26)23-14-13-19-7-4-5-15-25(19)31(27,28)21-8-6-17-30-21/h6,8-12,17,19H,2-5,7,13-16H2,1H3,(H2,23,24,26). The lowest BCUT2D eigenvalue weighted by molar-refractivity contribution is 0.234. The Morgan fingerprint density at radius 2 is 2.03 bits per heavy atom. The van der Waals surface area contributed by atoms with Crippen molar-refractivity contribution in [2.45, 2.75) is 55.7 Å². The average Bonchev–Trinajstić information content (AvgIpc) is 3.31. The number of benzene rings is 1. The van der Waals surface area contributed by atoms with E-state index in [-0.39, 0.29) is 12.1 Å². The minimum absolute atomic E-state index is 0.0966. The van der Waals surface area contributed by atoms with Crippen LogP contribution in [0.25, 0.3) is 0 Å². The van der Waals surface area contributed by atoms with Crippen molar-refractivity contribution in [3.05, 3.63) is 41.8 Å². The second kappa shape index (κ2) is 11.5. The maximum Gasteiger partial charge on any atom is 0.319 e. The molecule has 3 rings (SSSR count). The van der Waals surface area contributed by atoms with Gasteiger partial charge in [0.2, 0.25) is 0 Å². The van der Waals surface area contributed by atoms with Gasteiger partial charge in [-0.05, 0) is 61.4 Å². The molecule has 1 aliphatic rings. The van der Waals surface area contributed by atoms with Crippen LogP contribution in [0.2, 0.25) is 0 Å². The van der Waals surface area contributed by atoms with Crippen molar-refractivity contribution in [1.82, 2.24) is 9.62 Å². The highest BCUT2D eigenvalue weighted by Gasteiger charge is 2.33. The van der Waals surface area contributed by atoms with Crippen molar-refractivity contribution in [2.75, 3.05) is 25.0 Å². The Morgan fingerprint density at radius 3 is 2.74 bits per heavy atom. The normalized spacial score (nSPS) is 17.3. The number of unbranched alkanes of at least 4 members (excludes halogenated alkanes) is 1. The van der Waals surface area contributed by atoms with Gasteiger partial charge in [0.15, 0.2) is 0 Å². The second-order valence-electron chi connectivity index (χ2n) is 7.59. The number of ether oxygens (including phenoxy) is 1. The highest BCUT2D eigenvalue weighted by atomic mass is 32.2. The third-order valence-corrected chi connectivity index (χ3v) is 8.60. The molecule has 1 aromatic carbocycles. The van der Waals surface area contributed by atoms with Crippen molar-refractivity contribution < 1.29 is 17.9 Å². The van der Waals surface area contributed by atoms with Crippen LogP contribution in [0.5, 0.6) is 5.75 Å². The third-order valence-electron chi connectivity index (χ3n) is 5.27. The molecular formula is C22H31N3O4S2. The minimum Gasteiger partial charge on any atom is -0.494 e. The van der Waals surface area contributed by atoms with Gasteiger partial charge in [0.25, 0.3) is 10.0 Å². The average molecular weight is 466 g/mol. The van der Waals surface area contributed by atoms with Crippen LogP contribution in [0.4, 0.5) is 10.5 Å². The molecule has 2 N–H and O–H groups in total. The van der Waals surface area contributed by atoms with Crippen LogP contribution >= 0.6 is 11.3 Å². The van der Waals surface area contributed by atoms with Crippen molar-refractivity contribution >= 4 is 33.1 Å². The van der Waals surface area contributed by atoms with Crippen molar-refractivity contribution in [2.24, 2.45) is 0 Å². The van der Waals surface area contributed by atoms with Crippen LogP contribution in [-0.2, 0) is 10.0 Å². The Hall–Kier alpha value is -2.10. The number of sulfonamides is 1. The fraction of sp³-hybridized carbons (Fsp3) is 0.500. The maximum absolute atomic E-state index is 12.9. The first-order valence-electron chi connectivity index (χ1n) is 10.8. The van der Waals surface area contributed by atoms with Gasteiger partial charge in [-0.25, -0.2) is 13.2 Å². The first-order valence-corrected chi connectivity index (χ1v) is 13.2. The number of nitrogens with zero attached hydrogens (tertiary/aromatic N) is 1. The predicted octanol–water partition coefficient (Wildman–Crippen LogP) is 4.68. The number of urea groups is 1. The van der Waals surface area contributed by atoms with Gasteiger partial charge in [-0.2, -0.15) is 4.31 Å². The summed E-state index contributed by atoms with van der Waals surface area (Å²) in [5.41, 5.74) is 0.680. The number of thiophene rings is 1. The Morgan fingerprint density at radius 1 is 1.23 bits per heavy atom. The Kier molecular flexibility index (Phi) is 8.74. The molecular weight excluding hydrogens is 434 g/mol. The number of piperidine rings is 1. The summed E-state index contributed by atoms with van der Waals surface area (Å²) in [6.07, 6.45) is 5.36. The third kappa shape index (κ3) is 6.69. The molecule has 0 aliphatic carbocycles. The van der Waals surface area contributed by atoms with Gasteiger partial charge in [0, 0.05) is 24.8 Å². The molecule has 9 heteroatoms. The zero-order valence-electron chi connectivity index (χ0n) is 17.9. The highest BCUT2D eigenvalue weighted by molar-refractivity contribution is 7.91. The van der Waals surface area contributed by atoms with Gasteiger partial charge >= 0.3 is 6.03 Å². The number of carbonyl (C=O) groups excluding carboxylic acids is 1. The van der Waals surface area contributed by atoms with Gasteiger partial charge in [-0.15, -0.1) is 11.3 Å². The molecule has 1 unspecified atom stereocenters. The van der Waals surface area contributed by atoms with Crippen molar-refractivity contribution in [1.29, 1.82) is 0 Å². The van der Waals surface area contributed by atoms with E-state index < -0.39 is 10.0 Å². The molecule has 1 atom stereocenters. The molecule has 7 nitrogen and oxygen atoms in total. The smallest absolute Gasteiger partial charge is 0.319 e. The van der Waals surface area contributed by atoms with Gasteiger partial charge < -0.3 is 15.4 Å². The van der Waals surface area contributed by atoms with E-state index in [0.29, 0.717) is 36.0 Å². The van der Waals surface area contributed by atoms with E-state index in [0.717, 1.165) is 37.9 Å². The van der Waals surface area contributed by atoms with E-state index >= 15 is 0 Å². The molecule has 1 aliphatic heterocycles. The van der Waals surface area contributed by atoms with Crippen LogP contribution in [0.1, 0.15) is 45.4 Å². The summed E-state index contributed by atoms with van der Waals surface area (Å²) in [7, 11) is -3.47. The summed E-state index contributed by atoms with van der Waals surface area (Å²) in [5, 5.41) is 7.42. The van der Waals surface area contributed by atoms with Crippen LogP contribution in [0.3, 0.4) is 0 Å². The summed E-state index contributed by atoms with van der Waals surface area (Å²) in [6, 6.07) is 10.3. The lowest BCUT2D eigenvalue weighted by Gasteiger charge is -2.34. The molecule has 0 bridgehead atoms. The lowest BCUT2D eigenvalue weighted by Crippen LogP contribution is -2.45. The summed E-state index contributed by atoms with van der Waals surface area (Å²) in [5.74, 6) is 0.781. The number of hydrogen-bond donors (Lipinski definition) is 2. The van der Waals surface area contributed by atoms with Crippen molar-refractivity contribution in [3.8, 4) is 5.75 Å². The molecule has 31 heavy (non-hydrogen) atoms. The molecule has 2 heterocycles. The van der Waals surface area contributed by atoms with E-state index in [1.807, 2.05) is 12.1 Å². The first-order chi connectivity index (χ1) is 15.0. The van der Waals surface area contributed by atoms with Gasteiger partial charge in [-0.3, -0.25) is 0 Å². The largest absolute Gasteiger partial charge is 0.494 e. The number of hydrogen-bond acceptors (Lipinski definition) is 5. The fourth-order valence-corrected chi connectivity index (χ4v) is 6.44. The van der Waals surface area contributed by atoms with E-state index in [1.54, 1.807) is 34.0 Å². The van der Waals surface area contributed by atoms with E-state index in [4.69, 9.17) is 4.74 Å². The summed E-state index contributed by atoms with van der Waals surface area (Å²) in [4.78, 5) is 12.2. The van der Waals surface area contributed by atoms with Crippen LogP contribution in [-0.4, -0.2) is 44.5 Å². The molecule has 0 spiro atoms. The second-order valence-corrected chi connectivity index (χ2v) is 10.7. The van der Waals surface area contributed by atoms with Gasteiger partial charge in [-0.1, -0.05) is 25.8 Å². The molecule has 0 saturated carbocycles. The minimum atomic E-state index is -3.47. The van der Waals surface area contributed by atoms with E-state index in [9.17, 15) is 13.2 Å². The van der Waals surface area contributed by atoms with Crippen molar-refractivity contribution in [3.63, 3.8) is 0 Å². The molecule has 2 amide bonds. The predicted molar refractivity (Wildman–Crippen MR) is 124 cm³/mol. The number of carbonyl (C=O) groups is 1. The number of nitrogens with one attached hydrogen (secondary N) is 2.